The van der Waals surface area contributed by atoms with Crippen LogP contribution in [0, 0.1) is 3.57 Å². The van der Waals surface area contributed by atoms with Crippen molar-refractivity contribution in [2.24, 2.45) is 0 Å². The van der Waals surface area contributed by atoms with Crippen LogP contribution < -0.4 is 23.7 Å². The predicted octanol–water partition coefficient (Wildman–Crippen LogP) is 3.49. The van der Waals surface area contributed by atoms with Crippen molar-refractivity contribution in [2.75, 3.05) is 41.7 Å². The lowest BCUT2D eigenvalue weighted by atomic mass is 9.85. The molecule has 5 rings (SSSR count). The molecule has 0 aromatic heterocycles. The molecule has 31 heavy (non-hydrogen) atoms. The lowest BCUT2D eigenvalue weighted by molar-refractivity contribution is 0.00869. The summed E-state index contributed by atoms with van der Waals surface area (Å²) in [6.07, 6.45) is 0.295. The van der Waals surface area contributed by atoms with Gasteiger partial charge >= 0.3 is 5.97 Å². The van der Waals surface area contributed by atoms with Gasteiger partial charge in [-0.3, -0.25) is 4.90 Å². The minimum Gasteiger partial charge on any atom is -0.493 e. The van der Waals surface area contributed by atoms with Crippen LogP contribution in [0.4, 0.5) is 0 Å². The van der Waals surface area contributed by atoms with Crippen molar-refractivity contribution in [1.82, 2.24) is 4.90 Å². The maximum absolute atomic E-state index is 12.9. The minimum absolute atomic E-state index is 0.156. The predicted molar refractivity (Wildman–Crippen MR) is 119 cm³/mol. The molecule has 2 atom stereocenters. The lowest BCUT2D eigenvalue weighted by Gasteiger charge is -2.39. The molecule has 0 aliphatic carbocycles. The van der Waals surface area contributed by atoms with Crippen molar-refractivity contribution in [1.29, 1.82) is 0 Å². The Bertz CT molecular complexity index is 1090. The van der Waals surface area contributed by atoms with Crippen molar-refractivity contribution in [3.63, 3.8) is 0 Å². The number of methoxy groups -OCH3 is 3. The van der Waals surface area contributed by atoms with Crippen LogP contribution in [-0.2, 0) is 11.2 Å². The number of cyclic esters (lactones) is 1. The summed E-state index contributed by atoms with van der Waals surface area (Å²) in [5, 5.41) is 0. The molecule has 0 N–H and O–H groups in total. The highest BCUT2D eigenvalue weighted by Crippen LogP contribution is 2.56. The summed E-state index contributed by atoms with van der Waals surface area (Å²) in [7, 11) is 6.71. The number of esters is 1. The maximum Gasteiger partial charge on any atom is 0.343 e. The molecule has 2 aromatic carbocycles. The summed E-state index contributed by atoms with van der Waals surface area (Å²) in [6.45, 7) is 0.955. The van der Waals surface area contributed by atoms with Gasteiger partial charge in [-0.05, 0) is 47.7 Å². The van der Waals surface area contributed by atoms with E-state index in [0.717, 1.165) is 39.0 Å². The zero-order valence-corrected chi connectivity index (χ0v) is 19.8. The Hall–Kier alpha value is -2.40. The Labute approximate surface area is 193 Å². The molecule has 0 bridgehead atoms. The Morgan fingerprint density at radius 1 is 1.06 bits per heavy atom. The molecule has 8 nitrogen and oxygen atoms in total. The molecule has 0 saturated heterocycles. The minimum atomic E-state index is -0.531. The number of fused-ring (bicyclic) bond motifs is 3. The van der Waals surface area contributed by atoms with E-state index in [1.165, 1.54) is 7.11 Å². The van der Waals surface area contributed by atoms with Gasteiger partial charge in [-0.2, -0.15) is 0 Å². The highest BCUT2D eigenvalue weighted by molar-refractivity contribution is 14.1. The number of nitrogens with zero attached hydrogens (tertiary/aromatic N) is 1. The third-order valence-electron chi connectivity index (χ3n) is 6.15. The fourth-order valence-electron chi connectivity index (χ4n) is 4.78. The van der Waals surface area contributed by atoms with Crippen LogP contribution >= 0.6 is 22.6 Å². The summed E-state index contributed by atoms with van der Waals surface area (Å²) >= 11 is 2.30. The monoisotopic (exact) mass is 539 g/mol. The first-order chi connectivity index (χ1) is 15.0. The van der Waals surface area contributed by atoms with Crippen LogP contribution in [0.25, 0.3) is 0 Å². The molecule has 0 spiro atoms. The molecule has 0 amide bonds. The van der Waals surface area contributed by atoms with E-state index in [1.807, 2.05) is 13.1 Å². The first-order valence-electron chi connectivity index (χ1n) is 9.85. The molecule has 9 heteroatoms. The summed E-state index contributed by atoms with van der Waals surface area (Å²) in [4.78, 5) is 15.1. The average Bonchev–Trinajstić information content (AvgIpc) is 3.39. The molecule has 0 fully saturated rings. The maximum atomic E-state index is 12.9. The molecule has 3 aliphatic heterocycles. The zero-order chi connectivity index (χ0) is 21.9. The molecular formula is C22H22INO7. The lowest BCUT2D eigenvalue weighted by Crippen LogP contribution is -2.36. The quantitative estimate of drug-likeness (QED) is 0.432. The zero-order valence-electron chi connectivity index (χ0n) is 17.6. The second-order valence-corrected chi connectivity index (χ2v) is 8.65. The van der Waals surface area contributed by atoms with Gasteiger partial charge in [0.15, 0.2) is 23.0 Å². The van der Waals surface area contributed by atoms with Gasteiger partial charge in [-0.25, -0.2) is 4.79 Å². The van der Waals surface area contributed by atoms with E-state index in [-0.39, 0.29) is 12.8 Å². The molecule has 0 saturated carbocycles. The van der Waals surface area contributed by atoms with Gasteiger partial charge in [0.25, 0.3) is 0 Å². The second-order valence-electron chi connectivity index (χ2n) is 7.57. The third kappa shape index (κ3) is 2.85. The van der Waals surface area contributed by atoms with E-state index >= 15 is 0 Å². The highest BCUT2D eigenvalue weighted by atomic mass is 127. The van der Waals surface area contributed by atoms with Gasteiger partial charge in [-0.15, -0.1) is 0 Å². The number of likely N-dealkylation sites (N-methyl/N-ethyl adjacent to an activating group) is 1. The third-order valence-corrected chi connectivity index (χ3v) is 7.29. The van der Waals surface area contributed by atoms with E-state index in [4.69, 9.17) is 28.4 Å². The van der Waals surface area contributed by atoms with Crippen LogP contribution in [0.5, 0.6) is 28.7 Å². The molecule has 0 radical (unpaired) electrons. The van der Waals surface area contributed by atoms with Crippen molar-refractivity contribution in [3.05, 3.63) is 38.0 Å². The summed E-state index contributed by atoms with van der Waals surface area (Å²) in [6, 6.07) is 3.42. The van der Waals surface area contributed by atoms with E-state index in [1.54, 1.807) is 20.3 Å². The van der Waals surface area contributed by atoms with Gasteiger partial charge < -0.3 is 28.4 Å². The molecule has 2 unspecified atom stereocenters. The van der Waals surface area contributed by atoms with E-state index in [9.17, 15) is 4.79 Å². The topological polar surface area (TPSA) is 75.7 Å². The number of ether oxygens (including phenoxy) is 6. The van der Waals surface area contributed by atoms with Crippen molar-refractivity contribution < 1.29 is 33.2 Å². The fraction of sp³-hybridized carbons (Fsp3) is 0.409. The standard InChI is InChI=1S/C22H22INO7/c1-24-8-7-10-13(19(28-4)21-20(15(10)23)29-9-30-21)16(24)17-11-5-6-12(26-2)18(27-3)14(11)22(25)31-17/h5-6,16-17H,7-9H2,1-4H3. The average molecular weight is 539 g/mol. The van der Waals surface area contributed by atoms with Gasteiger partial charge in [-0.1, -0.05) is 6.07 Å². The Morgan fingerprint density at radius 3 is 2.52 bits per heavy atom. The molecule has 3 heterocycles. The number of halogens is 1. The van der Waals surface area contributed by atoms with Crippen LogP contribution in [0.2, 0.25) is 0 Å². The van der Waals surface area contributed by atoms with Gasteiger partial charge in [0, 0.05) is 17.7 Å². The van der Waals surface area contributed by atoms with Crippen LogP contribution in [0.15, 0.2) is 12.1 Å². The number of benzene rings is 2. The second kappa shape index (κ2) is 7.63. The van der Waals surface area contributed by atoms with Crippen LogP contribution in [0.1, 0.15) is 39.2 Å². The number of rotatable bonds is 4. The van der Waals surface area contributed by atoms with Crippen LogP contribution in [-0.4, -0.2) is 52.6 Å². The van der Waals surface area contributed by atoms with E-state index < -0.39 is 12.1 Å². The number of hydrogen-bond acceptors (Lipinski definition) is 8. The van der Waals surface area contributed by atoms with Crippen molar-refractivity contribution in [3.8, 4) is 28.7 Å². The van der Waals surface area contributed by atoms with Gasteiger partial charge in [0.2, 0.25) is 12.5 Å². The molecule has 2 aromatic rings. The van der Waals surface area contributed by atoms with E-state index in [0.29, 0.717) is 28.6 Å². The summed E-state index contributed by atoms with van der Waals surface area (Å²) < 4.78 is 35.1. The van der Waals surface area contributed by atoms with Gasteiger partial charge in [0.1, 0.15) is 11.7 Å². The highest BCUT2D eigenvalue weighted by Gasteiger charge is 2.47. The van der Waals surface area contributed by atoms with E-state index in [2.05, 4.69) is 27.5 Å². The molecular weight excluding hydrogens is 517 g/mol. The largest absolute Gasteiger partial charge is 0.493 e. The Balaban J connectivity index is 1.72. The van der Waals surface area contributed by atoms with Crippen molar-refractivity contribution >= 4 is 28.6 Å². The molecule has 3 aliphatic rings. The Kier molecular flexibility index (Phi) is 5.04. The summed E-state index contributed by atoms with van der Waals surface area (Å²) in [5.74, 6) is 2.40. The fourth-order valence-corrected chi connectivity index (χ4v) is 5.74. The molecule has 164 valence electrons. The normalized spacial score (nSPS) is 21.4. The smallest absolute Gasteiger partial charge is 0.343 e. The Morgan fingerprint density at radius 2 is 1.81 bits per heavy atom. The first kappa shape index (κ1) is 20.5. The number of hydrogen-bond donors (Lipinski definition) is 0. The number of carbonyl (C=O) groups is 1. The van der Waals surface area contributed by atoms with Gasteiger partial charge in [0.05, 0.1) is 30.9 Å². The van der Waals surface area contributed by atoms with Crippen molar-refractivity contribution in [2.45, 2.75) is 18.6 Å². The SMILES string of the molecule is COc1ccc2c(c1OC)C(=O)OC2C1c2c(c(I)c3c(c2OC)OCO3)CCN1C. The first-order valence-corrected chi connectivity index (χ1v) is 10.9. The van der Waals surface area contributed by atoms with Crippen LogP contribution in [0.3, 0.4) is 0 Å². The number of carbonyl (C=O) groups excluding carboxylic acids is 1. The summed E-state index contributed by atoms with van der Waals surface area (Å²) in [5.41, 5.74) is 3.27.